The maximum Gasteiger partial charge on any atom is 0.335 e. The number of ketones is 1. The summed E-state index contributed by atoms with van der Waals surface area (Å²) in [5.74, 6) is -0.134. The van der Waals surface area contributed by atoms with Crippen molar-refractivity contribution in [3.63, 3.8) is 0 Å². The molecule has 0 aliphatic carbocycles. The molecule has 0 unspecified atom stereocenters. The van der Waals surface area contributed by atoms with Crippen LogP contribution < -0.4 is 9.80 Å². The van der Waals surface area contributed by atoms with E-state index in [-0.39, 0.29) is 5.78 Å². The van der Waals surface area contributed by atoms with Crippen LogP contribution in [-0.2, 0) is 6.42 Å². The summed E-state index contributed by atoms with van der Waals surface area (Å²) in [6.45, 7) is 12.1. The molecule has 0 bridgehead atoms. The van der Waals surface area contributed by atoms with Crippen LogP contribution in [0.15, 0.2) is 42.5 Å². The Morgan fingerprint density at radius 2 is 1.48 bits per heavy atom. The van der Waals surface area contributed by atoms with Crippen molar-refractivity contribution < 1.29 is 14.7 Å². The number of carboxylic acid groups (broad SMARTS) is 1. The van der Waals surface area contributed by atoms with Gasteiger partial charge >= 0.3 is 5.97 Å². The predicted octanol–water partition coefficient (Wildman–Crippen LogP) is 5.77. The number of carbonyl (C=O) groups is 2. The lowest BCUT2D eigenvalue weighted by atomic mass is 9.98. The van der Waals surface area contributed by atoms with Crippen LogP contribution in [0.1, 0.15) is 67.3 Å². The summed E-state index contributed by atoms with van der Waals surface area (Å²) < 4.78 is 0. The number of nitrogens with zero attached hydrogens (tertiary/aromatic N) is 2. The van der Waals surface area contributed by atoms with Gasteiger partial charge in [0.05, 0.1) is 5.56 Å². The molecule has 5 heteroatoms. The minimum atomic E-state index is -0.839. The number of hydrogen-bond donors (Lipinski definition) is 1. The van der Waals surface area contributed by atoms with E-state index in [1.165, 1.54) is 5.69 Å². The van der Waals surface area contributed by atoms with Gasteiger partial charge in [-0.2, -0.15) is 0 Å². The number of aryl methyl sites for hydroxylation is 1. The molecule has 0 saturated heterocycles. The van der Waals surface area contributed by atoms with Gasteiger partial charge in [-0.15, -0.1) is 0 Å². The topological polar surface area (TPSA) is 60.9 Å². The highest BCUT2D eigenvalue weighted by atomic mass is 16.4. The molecule has 0 amide bonds. The molecule has 0 heterocycles. The molecule has 31 heavy (non-hydrogen) atoms. The van der Waals surface area contributed by atoms with Gasteiger partial charge in [-0.1, -0.05) is 13.8 Å². The van der Waals surface area contributed by atoms with Gasteiger partial charge in [0.15, 0.2) is 5.78 Å². The van der Waals surface area contributed by atoms with E-state index in [1.54, 1.807) is 13.0 Å². The quantitative estimate of drug-likeness (QED) is 0.515. The number of benzene rings is 2. The van der Waals surface area contributed by atoms with E-state index < -0.39 is 5.97 Å². The molecule has 0 aliphatic rings. The molecule has 5 nitrogen and oxygen atoms in total. The zero-order valence-electron chi connectivity index (χ0n) is 20.1. The number of rotatable bonds is 9. The Bertz CT molecular complexity index is 838. The van der Waals surface area contributed by atoms with E-state index in [2.05, 4.69) is 32.6 Å². The fourth-order valence-corrected chi connectivity index (χ4v) is 3.21. The number of carboxylic acids is 1. The number of anilines is 2. The molecule has 170 valence electrons. The second-order valence-electron chi connectivity index (χ2n) is 8.25. The summed E-state index contributed by atoms with van der Waals surface area (Å²) in [6.07, 6.45) is 1.83. The van der Waals surface area contributed by atoms with Crippen LogP contribution in [0, 0.1) is 5.92 Å². The number of hydrogen-bond acceptors (Lipinski definition) is 4. The second kappa shape index (κ2) is 12.8. The molecule has 1 N–H and O–H groups in total. The maximum atomic E-state index is 11.1. The lowest BCUT2D eigenvalue weighted by Crippen LogP contribution is -2.21. The fraction of sp³-hybridized carbons (Fsp3) is 0.462. The highest BCUT2D eigenvalue weighted by Crippen LogP contribution is 2.21. The van der Waals surface area contributed by atoms with Crippen LogP contribution >= 0.6 is 0 Å². The third kappa shape index (κ3) is 8.44. The van der Waals surface area contributed by atoms with Crippen molar-refractivity contribution in [2.45, 2.75) is 47.5 Å². The third-order valence-electron chi connectivity index (χ3n) is 5.23. The summed E-state index contributed by atoms with van der Waals surface area (Å²) in [7, 11) is 3.92. The van der Waals surface area contributed by atoms with Gasteiger partial charge < -0.3 is 14.9 Å². The monoisotopic (exact) mass is 426 g/mol. The Balaban J connectivity index is 0.000000316. The lowest BCUT2D eigenvalue weighted by molar-refractivity contribution is 0.0695. The molecule has 2 aromatic carbocycles. The van der Waals surface area contributed by atoms with Crippen molar-refractivity contribution in [2.75, 3.05) is 37.0 Å². The highest BCUT2D eigenvalue weighted by molar-refractivity contribution is 5.94. The number of aromatic carboxylic acids is 1. The molecular formula is C26H38N2O3. The van der Waals surface area contributed by atoms with Gasteiger partial charge in [0.25, 0.3) is 0 Å². The first kappa shape index (κ1) is 26.2. The number of Topliss-reactive ketones (excluding diaryl/α,β-unsaturated/α-hetero) is 1. The lowest BCUT2D eigenvalue weighted by Gasteiger charge is -2.20. The molecule has 0 saturated carbocycles. The van der Waals surface area contributed by atoms with Crippen LogP contribution in [0.25, 0.3) is 0 Å². The highest BCUT2D eigenvalue weighted by Gasteiger charge is 2.11. The zero-order valence-corrected chi connectivity index (χ0v) is 20.1. The van der Waals surface area contributed by atoms with Crippen LogP contribution in [0.3, 0.4) is 0 Å². The van der Waals surface area contributed by atoms with E-state index in [0.717, 1.165) is 42.7 Å². The molecule has 0 aliphatic heterocycles. The SMILES string of the molecule is CC(C)CCc1cc(N(C)C)ccc1C(=O)O.CCN(CC)c1ccc(C(C)=O)cc1. The minimum absolute atomic E-state index is 0.121. The van der Waals surface area contributed by atoms with Gasteiger partial charge in [-0.05, 0) is 87.6 Å². The Kier molecular flexibility index (Phi) is 10.8. The second-order valence-corrected chi connectivity index (χ2v) is 8.25. The van der Waals surface area contributed by atoms with Crippen molar-refractivity contribution in [3.05, 3.63) is 59.2 Å². The first-order valence-electron chi connectivity index (χ1n) is 11.0. The molecule has 0 aromatic heterocycles. The van der Waals surface area contributed by atoms with Crippen molar-refractivity contribution in [1.29, 1.82) is 0 Å². The maximum absolute atomic E-state index is 11.1. The van der Waals surface area contributed by atoms with Crippen LogP contribution in [0.2, 0.25) is 0 Å². The standard InChI is InChI=1S/C14H21NO2.C12H17NO/c1-10(2)5-6-11-9-12(15(3)4)7-8-13(11)14(16)17;1-4-13(5-2)12-8-6-11(7-9-12)10(3)14/h7-10H,5-6H2,1-4H3,(H,16,17);6-9H,4-5H2,1-3H3. The largest absolute Gasteiger partial charge is 0.478 e. The summed E-state index contributed by atoms with van der Waals surface area (Å²) in [4.78, 5) is 26.4. The van der Waals surface area contributed by atoms with Crippen molar-refractivity contribution in [3.8, 4) is 0 Å². The zero-order chi connectivity index (χ0) is 23.6. The summed E-state index contributed by atoms with van der Waals surface area (Å²) in [5.41, 5.74) is 4.36. The third-order valence-corrected chi connectivity index (χ3v) is 5.23. The Morgan fingerprint density at radius 3 is 1.90 bits per heavy atom. The van der Waals surface area contributed by atoms with Crippen molar-refractivity contribution in [1.82, 2.24) is 0 Å². The molecular weight excluding hydrogens is 388 g/mol. The predicted molar refractivity (Wildman–Crippen MR) is 131 cm³/mol. The first-order valence-corrected chi connectivity index (χ1v) is 11.0. The van der Waals surface area contributed by atoms with Gasteiger partial charge in [0, 0.05) is 44.1 Å². The van der Waals surface area contributed by atoms with Crippen molar-refractivity contribution in [2.24, 2.45) is 5.92 Å². The Morgan fingerprint density at radius 1 is 0.935 bits per heavy atom. The van der Waals surface area contributed by atoms with E-state index in [0.29, 0.717) is 11.5 Å². The van der Waals surface area contributed by atoms with Crippen LogP contribution in [0.4, 0.5) is 11.4 Å². The normalized spacial score (nSPS) is 10.3. The van der Waals surface area contributed by atoms with Crippen LogP contribution in [-0.4, -0.2) is 44.0 Å². The van der Waals surface area contributed by atoms with E-state index >= 15 is 0 Å². The fourth-order valence-electron chi connectivity index (χ4n) is 3.21. The molecule has 2 aromatic rings. The first-order chi connectivity index (χ1) is 14.6. The number of carbonyl (C=O) groups excluding carboxylic acids is 1. The Labute approximate surface area is 187 Å². The molecule has 2 rings (SSSR count). The smallest absolute Gasteiger partial charge is 0.335 e. The van der Waals surface area contributed by atoms with Gasteiger partial charge in [0.1, 0.15) is 0 Å². The van der Waals surface area contributed by atoms with Gasteiger partial charge in [-0.25, -0.2) is 4.79 Å². The Hall–Kier alpha value is -2.82. The van der Waals surface area contributed by atoms with Crippen molar-refractivity contribution >= 4 is 23.1 Å². The van der Waals surface area contributed by atoms with E-state index in [4.69, 9.17) is 5.11 Å². The van der Waals surface area contributed by atoms with Gasteiger partial charge in [-0.3, -0.25) is 4.79 Å². The molecule has 0 atom stereocenters. The van der Waals surface area contributed by atoms with Crippen LogP contribution in [0.5, 0.6) is 0 Å². The summed E-state index contributed by atoms with van der Waals surface area (Å²) in [5, 5.41) is 9.15. The summed E-state index contributed by atoms with van der Waals surface area (Å²) >= 11 is 0. The van der Waals surface area contributed by atoms with Gasteiger partial charge in [0.2, 0.25) is 0 Å². The van der Waals surface area contributed by atoms with E-state index in [1.807, 2.05) is 55.4 Å². The average molecular weight is 427 g/mol. The molecule has 0 radical (unpaired) electrons. The average Bonchev–Trinajstić information content (AvgIpc) is 2.73. The summed E-state index contributed by atoms with van der Waals surface area (Å²) in [6, 6.07) is 13.3. The minimum Gasteiger partial charge on any atom is -0.478 e. The molecule has 0 fully saturated rings. The molecule has 0 spiro atoms. The van der Waals surface area contributed by atoms with E-state index in [9.17, 15) is 9.59 Å².